The zero-order valence-corrected chi connectivity index (χ0v) is 12.8. The van der Waals surface area contributed by atoms with Crippen LogP contribution >= 0.6 is 0 Å². The zero-order valence-electron chi connectivity index (χ0n) is 12.8. The predicted octanol–water partition coefficient (Wildman–Crippen LogP) is 2.82. The lowest BCUT2D eigenvalue weighted by atomic mass is 9.96. The summed E-state index contributed by atoms with van der Waals surface area (Å²) >= 11 is 0. The maximum atomic E-state index is 12.7. The molecule has 0 radical (unpaired) electrons. The largest absolute Gasteiger partial charge is 0.395 e. The number of hydrogen-bond donors (Lipinski definition) is 1. The van der Waals surface area contributed by atoms with Crippen LogP contribution in [-0.2, 0) is 0 Å². The topological polar surface area (TPSA) is 40.5 Å². The summed E-state index contributed by atoms with van der Waals surface area (Å²) in [4.78, 5) is 14.7. The predicted molar refractivity (Wildman–Crippen MR) is 84.0 cm³/mol. The molecule has 2 atom stereocenters. The molecule has 1 amide bonds. The van der Waals surface area contributed by atoms with E-state index in [1.54, 1.807) is 0 Å². The highest BCUT2D eigenvalue weighted by atomic mass is 16.2. The van der Waals surface area contributed by atoms with Gasteiger partial charge in [-0.05, 0) is 51.3 Å². The van der Waals surface area contributed by atoms with Crippen molar-refractivity contribution in [2.45, 2.75) is 51.6 Å². The maximum absolute atomic E-state index is 12.7. The van der Waals surface area contributed by atoms with Crippen LogP contribution in [0.1, 0.15) is 55.5 Å². The van der Waals surface area contributed by atoms with Crippen LogP contribution in [-0.4, -0.2) is 34.6 Å². The lowest BCUT2D eigenvalue weighted by Gasteiger charge is -2.39. The summed E-state index contributed by atoms with van der Waals surface area (Å²) in [6.45, 7) is 4.31. The minimum atomic E-state index is 0.0639. The van der Waals surface area contributed by atoms with Crippen LogP contribution in [0.15, 0.2) is 24.3 Å². The number of piperidine rings is 1. The quantitative estimate of drug-likeness (QED) is 0.849. The molecule has 0 spiro atoms. The number of aliphatic hydroxyl groups is 1. The van der Waals surface area contributed by atoms with E-state index in [0.29, 0.717) is 24.1 Å². The molecule has 3 nitrogen and oxygen atoms in total. The van der Waals surface area contributed by atoms with E-state index in [1.807, 2.05) is 29.2 Å². The second kappa shape index (κ2) is 7.28. The molecule has 0 aromatic heterocycles. The number of rotatable bonds is 2. The fourth-order valence-corrected chi connectivity index (χ4v) is 2.92. The Labute approximate surface area is 127 Å². The van der Waals surface area contributed by atoms with E-state index in [4.69, 9.17) is 5.11 Å². The van der Waals surface area contributed by atoms with E-state index in [1.165, 1.54) is 6.42 Å². The van der Waals surface area contributed by atoms with Crippen molar-refractivity contribution < 1.29 is 9.90 Å². The first kappa shape index (κ1) is 15.6. The van der Waals surface area contributed by atoms with Crippen LogP contribution in [0.4, 0.5) is 0 Å². The van der Waals surface area contributed by atoms with Gasteiger partial charge in [-0.15, -0.1) is 0 Å². The smallest absolute Gasteiger partial charge is 0.254 e. The molecule has 0 saturated carbocycles. The summed E-state index contributed by atoms with van der Waals surface area (Å²) in [5.74, 6) is 5.97. The Morgan fingerprint density at radius 1 is 1.33 bits per heavy atom. The highest BCUT2D eigenvalue weighted by Gasteiger charge is 2.29. The third-order valence-electron chi connectivity index (χ3n) is 4.01. The van der Waals surface area contributed by atoms with Gasteiger partial charge in [0.15, 0.2) is 0 Å². The molecule has 1 aromatic carbocycles. The standard InChI is InChI=1S/C18H23NO2/c1-14-7-5-8-15(2)19(14)18(21)17-11-6-10-16(13-17)9-3-4-12-20/h6,10-11,13-15,20H,4-5,7-8,12H2,1-2H3. The number of benzene rings is 1. The van der Waals surface area contributed by atoms with E-state index in [2.05, 4.69) is 25.7 Å². The minimum Gasteiger partial charge on any atom is -0.395 e. The zero-order chi connectivity index (χ0) is 15.2. The van der Waals surface area contributed by atoms with Gasteiger partial charge in [-0.3, -0.25) is 4.79 Å². The highest BCUT2D eigenvalue weighted by Crippen LogP contribution is 2.24. The fourth-order valence-electron chi connectivity index (χ4n) is 2.92. The number of likely N-dealkylation sites (tertiary alicyclic amines) is 1. The van der Waals surface area contributed by atoms with Crippen molar-refractivity contribution >= 4 is 5.91 Å². The molecule has 21 heavy (non-hydrogen) atoms. The van der Waals surface area contributed by atoms with Gasteiger partial charge < -0.3 is 10.0 Å². The van der Waals surface area contributed by atoms with E-state index < -0.39 is 0 Å². The SMILES string of the molecule is CC1CCCC(C)N1C(=O)c1cccc(C#CCCO)c1. The van der Waals surface area contributed by atoms with E-state index in [-0.39, 0.29) is 12.5 Å². The maximum Gasteiger partial charge on any atom is 0.254 e. The Hall–Kier alpha value is -1.79. The minimum absolute atomic E-state index is 0.0639. The number of aliphatic hydroxyl groups excluding tert-OH is 1. The van der Waals surface area contributed by atoms with Crippen molar-refractivity contribution in [1.82, 2.24) is 4.90 Å². The summed E-state index contributed by atoms with van der Waals surface area (Å²) in [6.07, 6.45) is 3.80. The Bertz CT molecular complexity index is 546. The number of amides is 1. The van der Waals surface area contributed by atoms with E-state index >= 15 is 0 Å². The molecular formula is C18H23NO2. The van der Waals surface area contributed by atoms with Crippen LogP contribution in [0.3, 0.4) is 0 Å². The molecule has 1 heterocycles. The normalized spacial score (nSPS) is 21.6. The number of nitrogens with zero attached hydrogens (tertiary/aromatic N) is 1. The number of hydrogen-bond acceptors (Lipinski definition) is 2. The molecule has 1 aromatic rings. The molecule has 1 aliphatic heterocycles. The van der Waals surface area contributed by atoms with Gasteiger partial charge in [0, 0.05) is 29.6 Å². The Kier molecular flexibility index (Phi) is 5.41. The summed E-state index contributed by atoms with van der Waals surface area (Å²) < 4.78 is 0. The second-order valence-electron chi connectivity index (χ2n) is 5.70. The molecule has 1 aliphatic rings. The van der Waals surface area contributed by atoms with Gasteiger partial charge in [0.1, 0.15) is 0 Å². The molecular weight excluding hydrogens is 262 g/mol. The molecule has 0 bridgehead atoms. The van der Waals surface area contributed by atoms with E-state index in [9.17, 15) is 4.79 Å². The lowest BCUT2D eigenvalue weighted by Crippen LogP contribution is -2.47. The average Bonchev–Trinajstić information content (AvgIpc) is 2.47. The summed E-state index contributed by atoms with van der Waals surface area (Å²) in [5, 5.41) is 8.75. The average molecular weight is 285 g/mol. The van der Waals surface area contributed by atoms with Crippen LogP contribution in [0, 0.1) is 11.8 Å². The molecule has 1 N–H and O–H groups in total. The number of carbonyl (C=O) groups is 1. The molecule has 2 rings (SSSR count). The van der Waals surface area contributed by atoms with Gasteiger partial charge in [-0.1, -0.05) is 17.9 Å². The Balaban J connectivity index is 2.19. The van der Waals surface area contributed by atoms with Gasteiger partial charge >= 0.3 is 0 Å². The first-order chi connectivity index (χ1) is 10.1. The van der Waals surface area contributed by atoms with Crippen molar-refractivity contribution in [3.05, 3.63) is 35.4 Å². The van der Waals surface area contributed by atoms with Crippen molar-refractivity contribution in [2.24, 2.45) is 0 Å². The molecule has 2 unspecified atom stereocenters. The summed E-state index contributed by atoms with van der Waals surface area (Å²) in [6, 6.07) is 8.06. The van der Waals surface area contributed by atoms with Crippen LogP contribution in [0.25, 0.3) is 0 Å². The van der Waals surface area contributed by atoms with Crippen molar-refractivity contribution in [2.75, 3.05) is 6.61 Å². The summed E-state index contributed by atoms with van der Waals surface area (Å²) in [5.41, 5.74) is 1.53. The third kappa shape index (κ3) is 3.86. The van der Waals surface area contributed by atoms with Crippen LogP contribution in [0.5, 0.6) is 0 Å². The van der Waals surface area contributed by atoms with Gasteiger partial charge in [0.2, 0.25) is 0 Å². The van der Waals surface area contributed by atoms with Crippen LogP contribution < -0.4 is 0 Å². The summed E-state index contributed by atoms with van der Waals surface area (Å²) in [7, 11) is 0. The molecule has 112 valence electrons. The fraction of sp³-hybridized carbons (Fsp3) is 0.500. The lowest BCUT2D eigenvalue weighted by molar-refractivity contribution is 0.0510. The van der Waals surface area contributed by atoms with Gasteiger partial charge in [0.05, 0.1) is 6.61 Å². The molecule has 0 aliphatic carbocycles. The van der Waals surface area contributed by atoms with E-state index in [0.717, 1.165) is 18.4 Å². The number of carbonyl (C=O) groups excluding carboxylic acids is 1. The highest BCUT2D eigenvalue weighted by molar-refractivity contribution is 5.95. The third-order valence-corrected chi connectivity index (χ3v) is 4.01. The molecule has 1 saturated heterocycles. The van der Waals surface area contributed by atoms with Crippen molar-refractivity contribution in [3.63, 3.8) is 0 Å². The first-order valence-corrected chi connectivity index (χ1v) is 7.66. The Morgan fingerprint density at radius 3 is 2.71 bits per heavy atom. The van der Waals surface area contributed by atoms with Crippen LogP contribution in [0.2, 0.25) is 0 Å². The van der Waals surface area contributed by atoms with Gasteiger partial charge in [-0.25, -0.2) is 0 Å². The molecule has 3 heteroatoms. The van der Waals surface area contributed by atoms with Crippen molar-refractivity contribution in [1.29, 1.82) is 0 Å². The van der Waals surface area contributed by atoms with Gasteiger partial charge in [-0.2, -0.15) is 0 Å². The second-order valence-corrected chi connectivity index (χ2v) is 5.70. The Morgan fingerprint density at radius 2 is 2.05 bits per heavy atom. The first-order valence-electron chi connectivity index (χ1n) is 7.66. The van der Waals surface area contributed by atoms with Gasteiger partial charge in [0.25, 0.3) is 5.91 Å². The van der Waals surface area contributed by atoms with Crippen molar-refractivity contribution in [3.8, 4) is 11.8 Å². The molecule has 1 fully saturated rings. The monoisotopic (exact) mass is 285 g/mol.